The van der Waals surface area contributed by atoms with E-state index < -0.39 is 0 Å². The molecule has 2 aromatic rings. The fourth-order valence-electron chi connectivity index (χ4n) is 3.21. The predicted molar refractivity (Wildman–Crippen MR) is 124 cm³/mol. The molecule has 1 aliphatic heterocycles. The van der Waals surface area contributed by atoms with Gasteiger partial charge in [0.1, 0.15) is 0 Å². The second kappa shape index (κ2) is 10.1. The Hall–Kier alpha value is -2.40. The summed E-state index contributed by atoms with van der Waals surface area (Å²) in [6.45, 7) is 1.26. The first kappa shape index (κ1) is 22.3. The SMILES string of the molecule is CN(C)CCC(=O)N1C/C(=C\c2ccc(Cl)cc2)C(=O)/C(=C/c2ccc(Cl)cc2)C1. The second-order valence-electron chi connectivity index (χ2n) is 7.57. The molecule has 3 rings (SSSR count). The minimum atomic E-state index is -0.0449. The Kier molecular flexibility index (Phi) is 7.48. The van der Waals surface area contributed by atoms with Crippen LogP contribution in [-0.4, -0.2) is 55.2 Å². The fourth-order valence-corrected chi connectivity index (χ4v) is 3.47. The Bertz CT molecular complexity index is 910. The molecule has 1 saturated heterocycles. The molecule has 6 heteroatoms. The summed E-state index contributed by atoms with van der Waals surface area (Å²) >= 11 is 11.9. The van der Waals surface area contributed by atoms with Crippen molar-refractivity contribution in [1.82, 2.24) is 9.80 Å². The van der Waals surface area contributed by atoms with Gasteiger partial charge in [-0.2, -0.15) is 0 Å². The molecule has 2 aromatic carbocycles. The summed E-state index contributed by atoms with van der Waals surface area (Å²) in [6, 6.07) is 14.6. The van der Waals surface area contributed by atoms with E-state index in [4.69, 9.17) is 23.2 Å². The van der Waals surface area contributed by atoms with E-state index in [1.807, 2.05) is 55.4 Å². The van der Waals surface area contributed by atoms with E-state index in [0.29, 0.717) is 47.2 Å². The van der Waals surface area contributed by atoms with Crippen LogP contribution in [-0.2, 0) is 9.59 Å². The average molecular weight is 443 g/mol. The molecule has 0 unspecified atom stereocenters. The van der Waals surface area contributed by atoms with E-state index >= 15 is 0 Å². The first-order valence-electron chi connectivity index (χ1n) is 9.71. The molecule has 4 nitrogen and oxygen atoms in total. The molecule has 0 aliphatic carbocycles. The molecule has 0 aromatic heterocycles. The van der Waals surface area contributed by atoms with Crippen molar-refractivity contribution in [2.75, 3.05) is 33.7 Å². The third-order valence-corrected chi connectivity index (χ3v) is 5.36. The molecule has 0 radical (unpaired) electrons. The van der Waals surface area contributed by atoms with Gasteiger partial charge in [0.05, 0.1) is 0 Å². The number of carbonyl (C=O) groups is 2. The van der Waals surface area contributed by atoms with Gasteiger partial charge in [-0.3, -0.25) is 9.59 Å². The third kappa shape index (κ3) is 6.05. The van der Waals surface area contributed by atoms with Gasteiger partial charge in [0.2, 0.25) is 5.91 Å². The molecule has 0 bridgehead atoms. The van der Waals surface area contributed by atoms with Gasteiger partial charge in [-0.15, -0.1) is 0 Å². The first-order chi connectivity index (χ1) is 14.3. The van der Waals surface area contributed by atoms with Gasteiger partial charge in [-0.25, -0.2) is 0 Å². The summed E-state index contributed by atoms with van der Waals surface area (Å²) in [6.07, 6.45) is 4.07. The monoisotopic (exact) mass is 442 g/mol. The number of benzene rings is 2. The Morgan fingerprint density at radius 2 is 1.33 bits per heavy atom. The highest BCUT2D eigenvalue weighted by molar-refractivity contribution is 6.30. The van der Waals surface area contributed by atoms with Crippen molar-refractivity contribution in [3.05, 3.63) is 80.8 Å². The van der Waals surface area contributed by atoms with Crippen molar-refractivity contribution >= 4 is 47.0 Å². The number of halogens is 2. The lowest BCUT2D eigenvalue weighted by Gasteiger charge is -2.30. The quantitative estimate of drug-likeness (QED) is 0.622. The number of hydrogen-bond acceptors (Lipinski definition) is 3. The smallest absolute Gasteiger partial charge is 0.224 e. The van der Waals surface area contributed by atoms with Gasteiger partial charge in [0.25, 0.3) is 0 Å². The molecule has 0 N–H and O–H groups in total. The lowest BCUT2D eigenvalue weighted by Crippen LogP contribution is -2.42. The maximum atomic E-state index is 13.2. The molecular weight excluding hydrogens is 419 g/mol. The van der Waals surface area contributed by atoms with Gasteiger partial charge in [-0.1, -0.05) is 47.5 Å². The summed E-state index contributed by atoms with van der Waals surface area (Å²) in [4.78, 5) is 29.7. The molecule has 1 aliphatic rings. The van der Waals surface area contributed by atoms with Gasteiger partial charge in [0, 0.05) is 47.2 Å². The number of carbonyl (C=O) groups excluding carboxylic acids is 2. The standard InChI is InChI=1S/C24H24Cl2N2O2/c1-27(2)12-11-23(29)28-15-19(13-17-3-7-21(25)8-4-17)24(30)20(16-28)14-18-5-9-22(26)10-6-18/h3-10,13-14H,11-12,15-16H2,1-2H3/b19-13+,20-14+. The number of Topliss-reactive ketones (excluding diaryl/α,β-unsaturated/α-hetero) is 1. The summed E-state index contributed by atoms with van der Waals surface area (Å²) in [5.41, 5.74) is 2.91. The topological polar surface area (TPSA) is 40.6 Å². The fraction of sp³-hybridized carbons (Fsp3) is 0.250. The van der Waals surface area contributed by atoms with Crippen molar-refractivity contribution < 1.29 is 9.59 Å². The van der Waals surface area contributed by atoms with Gasteiger partial charge >= 0.3 is 0 Å². The van der Waals surface area contributed by atoms with Gasteiger partial charge < -0.3 is 9.80 Å². The number of rotatable bonds is 5. The molecule has 0 saturated carbocycles. The van der Waals surface area contributed by atoms with E-state index in [0.717, 1.165) is 11.1 Å². The minimum absolute atomic E-state index is 0.0280. The summed E-state index contributed by atoms with van der Waals surface area (Å²) in [5.74, 6) is -0.0169. The van der Waals surface area contributed by atoms with E-state index in [1.54, 1.807) is 29.2 Å². The third-order valence-electron chi connectivity index (χ3n) is 4.85. The Morgan fingerprint density at radius 3 is 1.73 bits per heavy atom. The lowest BCUT2D eigenvalue weighted by molar-refractivity contribution is -0.131. The van der Waals surface area contributed by atoms with Crippen molar-refractivity contribution in [1.29, 1.82) is 0 Å². The molecule has 1 fully saturated rings. The highest BCUT2D eigenvalue weighted by Crippen LogP contribution is 2.24. The lowest BCUT2D eigenvalue weighted by atomic mass is 9.94. The van der Waals surface area contributed by atoms with Crippen LogP contribution in [0.2, 0.25) is 10.0 Å². The van der Waals surface area contributed by atoms with E-state index in [2.05, 4.69) is 0 Å². The van der Waals surface area contributed by atoms with Crippen molar-refractivity contribution in [2.24, 2.45) is 0 Å². The summed E-state index contributed by atoms with van der Waals surface area (Å²) in [5, 5.41) is 1.27. The van der Waals surface area contributed by atoms with Crippen molar-refractivity contribution in [2.45, 2.75) is 6.42 Å². The highest BCUT2D eigenvalue weighted by atomic mass is 35.5. The predicted octanol–water partition coefficient (Wildman–Crippen LogP) is 4.82. The van der Waals surface area contributed by atoms with E-state index in [-0.39, 0.29) is 11.7 Å². The Balaban J connectivity index is 1.92. The zero-order valence-corrected chi connectivity index (χ0v) is 18.6. The van der Waals surface area contributed by atoms with Gasteiger partial charge in [-0.05, 0) is 61.6 Å². The van der Waals surface area contributed by atoms with Crippen molar-refractivity contribution in [3.8, 4) is 0 Å². The zero-order chi connectivity index (χ0) is 21.7. The zero-order valence-electron chi connectivity index (χ0n) is 17.1. The molecule has 30 heavy (non-hydrogen) atoms. The molecule has 1 amide bonds. The molecule has 1 heterocycles. The van der Waals surface area contributed by atoms with Crippen LogP contribution in [0.4, 0.5) is 0 Å². The maximum absolute atomic E-state index is 13.2. The number of hydrogen-bond donors (Lipinski definition) is 0. The van der Waals surface area contributed by atoms with Crippen molar-refractivity contribution in [3.63, 3.8) is 0 Å². The Labute approximate surface area is 187 Å². The van der Waals surface area contributed by atoms with Crippen LogP contribution in [0.25, 0.3) is 12.2 Å². The van der Waals surface area contributed by atoms with Crippen LogP contribution in [0.5, 0.6) is 0 Å². The number of nitrogens with zero attached hydrogens (tertiary/aromatic N) is 2. The number of likely N-dealkylation sites (tertiary alicyclic amines) is 1. The number of amides is 1. The van der Waals surface area contributed by atoms with Crippen LogP contribution >= 0.6 is 23.2 Å². The molecule has 0 spiro atoms. The molecule has 156 valence electrons. The van der Waals surface area contributed by atoms with E-state index in [1.165, 1.54) is 0 Å². The first-order valence-corrected chi connectivity index (χ1v) is 10.5. The van der Waals surface area contributed by atoms with Crippen LogP contribution < -0.4 is 0 Å². The molecule has 0 atom stereocenters. The van der Waals surface area contributed by atoms with Crippen LogP contribution in [0.3, 0.4) is 0 Å². The Morgan fingerprint density at radius 1 is 0.900 bits per heavy atom. The normalized spacial score (nSPS) is 17.2. The summed E-state index contributed by atoms with van der Waals surface area (Å²) < 4.78 is 0. The average Bonchev–Trinajstić information content (AvgIpc) is 2.72. The minimum Gasteiger partial charge on any atom is -0.334 e. The molecular formula is C24H24Cl2N2O2. The number of ketones is 1. The highest BCUT2D eigenvalue weighted by Gasteiger charge is 2.28. The van der Waals surface area contributed by atoms with Gasteiger partial charge in [0.15, 0.2) is 5.78 Å². The van der Waals surface area contributed by atoms with Crippen LogP contribution in [0, 0.1) is 0 Å². The number of piperidine rings is 1. The largest absolute Gasteiger partial charge is 0.334 e. The summed E-state index contributed by atoms with van der Waals surface area (Å²) in [7, 11) is 3.87. The van der Waals surface area contributed by atoms with Crippen LogP contribution in [0.15, 0.2) is 59.7 Å². The van der Waals surface area contributed by atoms with Crippen LogP contribution in [0.1, 0.15) is 17.5 Å². The second-order valence-corrected chi connectivity index (χ2v) is 8.45. The maximum Gasteiger partial charge on any atom is 0.224 e. The van der Waals surface area contributed by atoms with E-state index in [9.17, 15) is 9.59 Å².